The van der Waals surface area contributed by atoms with E-state index in [0.29, 0.717) is 23.1 Å². The van der Waals surface area contributed by atoms with Crippen LogP contribution in [0.1, 0.15) is 56.0 Å². The van der Waals surface area contributed by atoms with Gasteiger partial charge in [0.25, 0.3) is 10.0 Å². The second-order valence-electron chi connectivity index (χ2n) is 9.71. The fourth-order valence-corrected chi connectivity index (χ4v) is 5.67. The standard InChI is InChI=1S/C27H35NO7S/c1-17(2)21-13-10-18(3)14-25(21)35-26(29)16-34-27(30)22-15-20(12-11-19(22)4)36(31,32)28-23-8-6-7-9-24(23)33-5/h6-9,11-12,15,17-18,21,25,28H,10,13-14,16H2,1-5H3/t18-,21-,25+/m0/s1. The Bertz CT molecular complexity index is 1190. The van der Waals surface area contributed by atoms with Crippen molar-refractivity contribution in [1.82, 2.24) is 0 Å². The molecule has 0 amide bonds. The quantitative estimate of drug-likeness (QED) is 0.468. The maximum Gasteiger partial charge on any atom is 0.344 e. The lowest BCUT2D eigenvalue weighted by atomic mass is 9.75. The smallest absolute Gasteiger partial charge is 0.344 e. The van der Waals surface area contributed by atoms with Gasteiger partial charge in [0.05, 0.1) is 23.3 Å². The van der Waals surface area contributed by atoms with Crippen molar-refractivity contribution >= 4 is 27.6 Å². The molecule has 3 atom stereocenters. The Morgan fingerprint density at radius 2 is 1.83 bits per heavy atom. The number of esters is 2. The zero-order valence-electron chi connectivity index (χ0n) is 21.4. The van der Waals surface area contributed by atoms with Crippen LogP contribution in [0.25, 0.3) is 0 Å². The molecule has 1 aliphatic rings. The van der Waals surface area contributed by atoms with Crippen LogP contribution in [0.2, 0.25) is 0 Å². The van der Waals surface area contributed by atoms with Gasteiger partial charge in [0.15, 0.2) is 6.61 Å². The van der Waals surface area contributed by atoms with Crippen molar-refractivity contribution in [2.24, 2.45) is 17.8 Å². The molecule has 0 spiro atoms. The van der Waals surface area contributed by atoms with E-state index in [2.05, 4.69) is 25.5 Å². The molecule has 0 radical (unpaired) electrons. The molecular weight excluding hydrogens is 482 g/mol. The Morgan fingerprint density at radius 3 is 2.53 bits per heavy atom. The van der Waals surface area contributed by atoms with Gasteiger partial charge in [-0.25, -0.2) is 18.0 Å². The Kier molecular flexibility index (Phi) is 9.00. The van der Waals surface area contributed by atoms with Crippen LogP contribution in [0.5, 0.6) is 5.75 Å². The number of sulfonamides is 1. The number of carbonyl (C=O) groups is 2. The highest BCUT2D eigenvalue weighted by Crippen LogP contribution is 2.35. The Morgan fingerprint density at radius 1 is 1.11 bits per heavy atom. The average molecular weight is 518 g/mol. The molecule has 0 saturated heterocycles. The summed E-state index contributed by atoms with van der Waals surface area (Å²) in [4.78, 5) is 25.1. The van der Waals surface area contributed by atoms with E-state index in [1.807, 2.05) is 0 Å². The number of anilines is 1. The van der Waals surface area contributed by atoms with E-state index in [4.69, 9.17) is 14.2 Å². The minimum atomic E-state index is -4.02. The molecule has 9 heteroatoms. The summed E-state index contributed by atoms with van der Waals surface area (Å²) in [7, 11) is -2.58. The van der Waals surface area contributed by atoms with E-state index in [0.717, 1.165) is 19.3 Å². The third-order valence-corrected chi connectivity index (χ3v) is 8.02. The number of ether oxygens (including phenoxy) is 3. The first kappa shape index (κ1) is 27.5. The summed E-state index contributed by atoms with van der Waals surface area (Å²) in [5.41, 5.74) is 0.840. The van der Waals surface area contributed by atoms with Crippen LogP contribution in [0.15, 0.2) is 47.4 Å². The molecule has 0 aliphatic heterocycles. The fourth-order valence-electron chi connectivity index (χ4n) is 4.58. The molecule has 196 valence electrons. The van der Waals surface area contributed by atoms with Crippen molar-refractivity contribution < 1.29 is 32.2 Å². The summed E-state index contributed by atoms with van der Waals surface area (Å²) in [6.45, 7) is 7.51. The fraction of sp³-hybridized carbons (Fsp3) is 0.481. The van der Waals surface area contributed by atoms with Crippen molar-refractivity contribution in [3.63, 3.8) is 0 Å². The first-order valence-electron chi connectivity index (χ1n) is 12.1. The summed E-state index contributed by atoms with van der Waals surface area (Å²) in [5.74, 6) is 0.0921. The van der Waals surface area contributed by atoms with Crippen molar-refractivity contribution in [3.05, 3.63) is 53.6 Å². The normalized spacial score (nSPS) is 20.0. The second-order valence-corrected chi connectivity index (χ2v) is 11.4. The summed E-state index contributed by atoms with van der Waals surface area (Å²) >= 11 is 0. The highest BCUT2D eigenvalue weighted by Gasteiger charge is 2.33. The lowest BCUT2D eigenvalue weighted by molar-refractivity contribution is -0.159. The van der Waals surface area contributed by atoms with Gasteiger partial charge in [-0.15, -0.1) is 0 Å². The van der Waals surface area contributed by atoms with Gasteiger partial charge in [-0.2, -0.15) is 0 Å². The summed E-state index contributed by atoms with van der Waals surface area (Å²) < 4.78 is 44.5. The van der Waals surface area contributed by atoms with Crippen LogP contribution in [0.4, 0.5) is 5.69 Å². The van der Waals surface area contributed by atoms with Crippen LogP contribution >= 0.6 is 0 Å². The van der Waals surface area contributed by atoms with Crippen molar-refractivity contribution in [1.29, 1.82) is 0 Å². The molecule has 1 fully saturated rings. The third-order valence-electron chi connectivity index (χ3n) is 6.66. The summed E-state index contributed by atoms with van der Waals surface area (Å²) in [6, 6.07) is 10.7. The van der Waals surface area contributed by atoms with Crippen LogP contribution in [0, 0.1) is 24.7 Å². The van der Waals surface area contributed by atoms with Gasteiger partial charge >= 0.3 is 11.9 Å². The predicted octanol–water partition coefficient (Wildman–Crippen LogP) is 4.97. The first-order valence-corrected chi connectivity index (χ1v) is 13.6. The number of benzene rings is 2. The van der Waals surface area contributed by atoms with Gasteiger partial charge in [0.2, 0.25) is 0 Å². The van der Waals surface area contributed by atoms with Gasteiger partial charge in [0.1, 0.15) is 11.9 Å². The second kappa shape index (κ2) is 11.8. The molecule has 36 heavy (non-hydrogen) atoms. The molecule has 1 saturated carbocycles. The molecule has 1 N–H and O–H groups in total. The average Bonchev–Trinajstić information content (AvgIpc) is 2.82. The molecular formula is C27H35NO7S. The lowest BCUT2D eigenvalue weighted by Gasteiger charge is -2.36. The number of hydrogen-bond donors (Lipinski definition) is 1. The number of para-hydroxylation sites is 2. The van der Waals surface area contributed by atoms with Gasteiger partial charge in [-0.1, -0.05) is 45.4 Å². The highest BCUT2D eigenvalue weighted by atomic mass is 32.2. The van der Waals surface area contributed by atoms with E-state index in [9.17, 15) is 18.0 Å². The van der Waals surface area contributed by atoms with Crippen LogP contribution in [0.3, 0.4) is 0 Å². The minimum Gasteiger partial charge on any atom is -0.495 e. The molecule has 3 rings (SSSR count). The van der Waals surface area contributed by atoms with Gasteiger partial charge in [-0.3, -0.25) is 4.72 Å². The number of nitrogens with one attached hydrogen (secondary N) is 1. The zero-order valence-corrected chi connectivity index (χ0v) is 22.3. The first-order chi connectivity index (χ1) is 17.0. The van der Waals surface area contributed by atoms with Crippen LogP contribution < -0.4 is 9.46 Å². The number of rotatable bonds is 9. The van der Waals surface area contributed by atoms with Gasteiger partial charge < -0.3 is 14.2 Å². The van der Waals surface area contributed by atoms with Crippen molar-refractivity contribution in [2.75, 3.05) is 18.4 Å². The van der Waals surface area contributed by atoms with E-state index >= 15 is 0 Å². The van der Waals surface area contributed by atoms with Gasteiger partial charge in [0, 0.05) is 0 Å². The molecule has 0 unspecified atom stereocenters. The third kappa shape index (κ3) is 6.78. The van der Waals surface area contributed by atoms with Crippen LogP contribution in [-0.4, -0.2) is 40.2 Å². The Labute approximate surface area is 213 Å². The number of hydrogen-bond acceptors (Lipinski definition) is 7. The topological polar surface area (TPSA) is 108 Å². The summed E-state index contributed by atoms with van der Waals surface area (Å²) in [6.07, 6.45) is 2.70. The maximum atomic E-state index is 13.0. The van der Waals surface area contributed by atoms with E-state index in [-0.39, 0.29) is 28.2 Å². The molecule has 8 nitrogen and oxygen atoms in total. The maximum absolute atomic E-state index is 13.0. The SMILES string of the molecule is COc1ccccc1NS(=O)(=O)c1ccc(C)c(C(=O)OCC(=O)O[C@@H]2C[C@@H](C)CC[C@H]2C(C)C)c1. The molecule has 0 heterocycles. The monoisotopic (exact) mass is 517 g/mol. The number of aryl methyl sites for hydroxylation is 1. The van der Waals surface area contributed by atoms with Crippen molar-refractivity contribution in [2.45, 2.75) is 58.0 Å². The number of carbonyl (C=O) groups excluding carboxylic acids is 2. The molecule has 1 aliphatic carbocycles. The van der Waals surface area contributed by atoms with E-state index < -0.39 is 28.6 Å². The van der Waals surface area contributed by atoms with E-state index in [1.165, 1.54) is 25.3 Å². The highest BCUT2D eigenvalue weighted by molar-refractivity contribution is 7.92. The minimum absolute atomic E-state index is 0.0528. The number of methoxy groups -OCH3 is 1. The Balaban J connectivity index is 1.68. The predicted molar refractivity (Wildman–Crippen MR) is 136 cm³/mol. The van der Waals surface area contributed by atoms with Gasteiger partial charge in [-0.05, 0) is 67.3 Å². The van der Waals surface area contributed by atoms with E-state index in [1.54, 1.807) is 31.2 Å². The molecule has 2 aromatic carbocycles. The lowest BCUT2D eigenvalue weighted by Crippen LogP contribution is -2.36. The molecule has 0 aromatic heterocycles. The molecule has 0 bridgehead atoms. The van der Waals surface area contributed by atoms with Crippen LogP contribution in [-0.2, 0) is 24.3 Å². The largest absolute Gasteiger partial charge is 0.495 e. The van der Waals surface area contributed by atoms with Crippen molar-refractivity contribution in [3.8, 4) is 5.75 Å². The summed E-state index contributed by atoms with van der Waals surface area (Å²) in [5, 5.41) is 0. The zero-order chi connectivity index (χ0) is 26.5. The Hall–Kier alpha value is -3.07. The molecule has 2 aromatic rings.